The van der Waals surface area contributed by atoms with Crippen molar-refractivity contribution in [2.45, 2.75) is 39.8 Å². The quantitative estimate of drug-likeness (QED) is 0.636. The molecule has 0 heterocycles. The fraction of sp³-hybridized carbons (Fsp3) is 1.00. The van der Waals surface area contributed by atoms with E-state index in [0.717, 1.165) is 25.9 Å². The molecule has 0 aliphatic rings. The van der Waals surface area contributed by atoms with E-state index in [0.29, 0.717) is 13.1 Å². The predicted octanol–water partition coefficient (Wildman–Crippen LogP) is 2.90. The Kier molecular flexibility index (Phi) is 8.60. The maximum Gasteiger partial charge on any atom is 0.401 e. The molecule has 1 atom stereocenters. The van der Waals surface area contributed by atoms with Gasteiger partial charge in [-0.25, -0.2) is 0 Å². The Morgan fingerprint density at radius 3 is 2.29 bits per heavy atom. The molecule has 0 bridgehead atoms. The molecule has 0 aliphatic carbocycles. The second-order valence-electron chi connectivity index (χ2n) is 4.66. The molecule has 0 spiro atoms. The van der Waals surface area contributed by atoms with Gasteiger partial charge in [-0.2, -0.15) is 13.2 Å². The molecule has 0 aromatic carbocycles. The van der Waals surface area contributed by atoms with Gasteiger partial charge in [-0.1, -0.05) is 20.8 Å². The Labute approximate surface area is 103 Å². The first-order valence-corrected chi connectivity index (χ1v) is 6.38. The van der Waals surface area contributed by atoms with Gasteiger partial charge in [0.2, 0.25) is 0 Å². The highest BCUT2D eigenvalue weighted by Gasteiger charge is 2.30. The number of nitrogens with one attached hydrogen (secondary N) is 1. The van der Waals surface area contributed by atoms with E-state index in [9.17, 15) is 13.2 Å². The SMILES string of the molecule is CCCNCC(C)CN(CCC)CC(F)(F)F. The number of hydrogen-bond acceptors (Lipinski definition) is 2. The van der Waals surface area contributed by atoms with Gasteiger partial charge >= 0.3 is 6.18 Å². The lowest BCUT2D eigenvalue weighted by Gasteiger charge is -2.26. The Morgan fingerprint density at radius 1 is 1.18 bits per heavy atom. The van der Waals surface area contributed by atoms with Crippen LogP contribution in [-0.4, -0.2) is 43.8 Å². The molecular weight excluding hydrogens is 229 g/mol. The summed E-state index contributed by atoms with van der Waals surface area (Å²) in [6, 6.07) is 0. The fourth-order valence-electron chi connectivity index (χ4n) is 1.84. The maximum atomic E-state index is 12.3. The highest BCUT2D eigenvalue weighted by Crippen LogP contribution is 2.17. The number of alkyl halides is 3. The van der Waals surface area contributed by atoms with Crippen LogP contribution in [0.3, 0.4) is 0 Å². The third kappa shape index (κ3) is 10.6. The highest BCUT2D eigenvalue weighted by atomic mass is 19.4. The molecule has 1 N–H and O–H groups in total. The monoisotopic (exact) mass is 254 g/mol. The molecule has 0 rings (SSSR count). The van der Waals surface area contributed by atoms with Gasteiger partial charge in [0.15, 0.2) is 0 Å². The normalized spacial score (nSPS) is 14.3. The minimum atomic E-state index is -4.09. The molecule has 0 radical (unpaired) electrons. The zero-order valence-corrected chi connectivity index (χ0v) is 11.1. The van der Waals surface area contributed by atoms with Crippen molar-refractivity contribution in [2.75, 3.05) is 32.7 Å². The van der Waals surface area contributed by atoms with Crippen LogP contribution in [0.5, 0.6) is 0 Å². The molecule has 0 saturated carbocycles. The average molecular weight is 254 g/mol. The van der Waals surface area contributed by atoms with Crippen LogP contribution >= 0.6 is 0 Å². The van der Waals surface area contributed by atoms with Gasteiger partial charge < -0.3 is 5.32 Å². The van der Waals surface area contributed by atoms with Crippen LogP contribution in [0.4, 0.5) is 13.2 Å². The zero-order chi connectivity index (χ0) is 13.3. The Hall–Kier alpha value is -0.290. The zero-order valence-electron chi connectivity index (χ0n) is 11.1. The summed E-state index contributed by atoms with van der Waals surface area (Å²) in [5.74, 6) is 0.246. The molecule has 0 amide bonds. The van der Waals surface area contributed by atoms with E-state index in [1.165, 1.54) is 4.90 Å². The minimum Gasteiger partial charge on any atom is -0.316 e. The Bertz CT molecular complexity index is 183. The summed E-state index contributed by atoms with van der Waals surface area (Å²) >= 11 is 0. The van der Waals surface area contributed by atoms with E-state index in [2.05, 4.69) is 12.2 Å². The van der Waals surface area contributed by atoms with Gasteiger partial charge in [0.1, 0.15) is 0 Å². The van der Waals surface area contributed by atoms with Crippen LogP contribution in [-0.2, 0) is 0 Å². The Morgan fingerprint density at radius 2 is 1.82 bits per heavy atom. The third-order valence-electron chi connectivity index (χ3n) is 2.43. The minimum absolute atomic E-state index is 0.246. The molecular formula is C12H25F3N2. The molecule has 0 aromatic heterocycles. The van der Waals surface area contributed by atoms with E-state index in [-0.39, 0.29) is 5.92 Å². The van der Waals surface area contributed by atoms with Crippen molar-refractivity contribution < 1.29 is 13.2 Å². The van der Waals surface area contributed by atoms with Crippen molar-refractivity contribution in [1.82, 2.24) is 10.2 Å². The first kappa shape index (κ1) is 16.7. The number of nitrogens with zero attached hydrogens (tertiary/aromatic N) is 1. The second kappa shape index (κ2) is 8.75. The van der Waals surface area contributed by atoms with E-state index >= 15 is 0 Å². The number of rotatable bonds is 9. The first-order valence-electron chi connectivity index (χ1n) is 6.38. The highest BCUT2D eigenvalue weighted by molar-refractivity contribution is 4.68. The van der Waals surface area contributed by atoms with Crippen LogP contribution in [0, 0.1) is 5.92 Å². The third-order valence-corrected chi connectivity index (χ3v) is 2.43. The van der Waals surface area contributed by atoms with Gasteiger partial charge in [0.05, 0.1) is 6.54 Å². The van der Waals surface area contributed by atoms with Gasteiger partial charge in [-0.15, -0.1) is 0 Å². The molecule has 0 saturated heterocycles. The summed E-state index contributed by atoms with van der Waals surface area (Å²) < 4.78 is 37.0. The van der Waals surface area contributed by atoms with Crippen molar-refractivity contribution in [3.63, 3.8) is 0 Å². The molecule has 0 fully saturated rings. The lowest BCUT2D eigenvalue weighted by Crippen LogP contribution is -2.39. The molecule has 5 heteroatoms. The predicted molar refractivity (Wildman–Crippen MR) is 65.1 cm³/mol. The number of hydrogen-bond donors (Lipinski definition) is 1. The van der Waals surface area contributed by atoms with Crippen LogP contribution in [0.2, 0.25) is 0 Å². The van der Waals surface area contributed by atoms with Crippen molar-refractivity contribution in [3.05, 3.63) is 0 Å². The van der Waals surface area contributed by atoms with Gasteiger partial charge in [0.25, 0.3) is 0 Å². The van der Waals surface area contributed by atoms with Crippen LogP contribution < -0.4 is 5.32 Å². The summed E-state index contributed by atoms with van der Waals surface area (Å²) in [5, 5.41) is 3.24. The van der Waals surface area contributed by atoms with E-state index < -0.39 is 12.7 Å². The molecule has 104 valence electrons. The maximum absolute atomic E-state index is 12.3. The smallest absolute Gasteiger partial charge is 0.316 e. The summed E-state index contributed by atoms with van der Waals surface area (Å²) in [6.07, 6.45) is -2.29. The van der Waals surface area contributed by atoms with Gasteiger partial charge in [-0.05, 0) is 38.4 Å². The summed E-state index contributed by atoms with van der Waals surface area (Å²) in [7, 11) is 0. The van der Waals surface area contributed by atoms with E-state index in [4.69, 9.17) is 0 Å². The molecule has 17 heavy (non-hydrogen) atoms. The van der Waals surface area contributed by atoms with Crippen LogP contribution in [0.15, 0.2) is 0 Å². The molecule has 0 aromatic rings. The second-order valence-corrected chi connectivity index (χ2v) is 4.66. The summed E-state index contributed by atoms with van der Waals surface area (Å²) in [5.41, 5.74) is 0. The van der Waals surface area contributed by atoms with Gasteiger partial charge in [-0.3, -0.25) is 4.90 Å². The fourth-order valence-corrected chi connectivity index (χ4v) is 1.84. The molecule has 0 aliphatic heterocycles. The summed E-state index contributed by atoms with van der Waals surface area (Å²) in [6.45, 7) is 7.90. The van der Waals surface area contributed by atoms with E-state index in [1.807, 2.05) is 13.8 Å². The largest absolute Gasteiger partial charge is 0.401 e. The number of halogens is 3. The standard InChI is InChI=1S/C12H25F3N2/c1-4-6-16-8-11(3)9-17(7-5-2)10-12(13,14)15/h11,16H,4-10H2,1-3H3. The van der Waals surface area contributed by atoms with Crippen molar-refractivity contribution >= 4 is 0 Å². The topological polar surface area (TPSA) is 15.3 Å². The summed E-state index contributed by atoms with van der Waals surface area (Å²) in [4.78, 5) is 1.50. The van der Waals surface area contributed by atoms with Crippen LogP contribution in [0.1, 0.15) is 33.6 Å². The van der Waals surface area contributed by atoms with Crippen molar-refractivity contribution in [3.8, 4) is 0 Å². The first-order chi connectivity index (χ1) is 7.89. The molecule has 2 nitrogen and oxygen atoms in total. The van der Waals surface area contributed by atoms with Gasteiger partial charge in [0, 0.05) is 6.54 Å². The van der Waals surface area contributed by atoms with Crippen LogP contribution in [0.25, 0.3) is 0 Å². The van der Waals surface area contributed by atoms with Crippen molar-refractivity contribution in [1.29, 1.82) is 0 Å². The molecule has 1 unspecified atom stereocenters. The average Bonchev–Trinajstić information content (AvgIpc) is 2.15. The lowest BCUT2D eigenvalue weighted by molar-refractivity contribution is -0.147. The lowest BCUT2D eigenvalue weighted by atomic mass is 10.1. The van der Waals surface area contributed by atoms with E-state index in [1.54, 1.807) is 0 Å². The Balaban J connectivity index is 3.97. The van der Waals surface area contributed by atoms with Crippen molar-refractivity contribution in [2.24, 2.45) is 5.92 Å².